The molecule has 0 radical (unpaired) electrons. The third-order valence-corrected chi connectivity index (χ3v) is 4.78. The van der Waals surface area contributed by atoms with Crippen LogP contribution in [-0.4, -0.2) is 21.1 Å². The van der Waals surface area contributed by atoms with Crippen LogP contribution in [0.5, 0.6) is 0 Å². The number of hydrogen-bond donors (Lipinski definition) is 0. The molecule has 0 spiro atoms. The van der Waals surface area contributed by atoms with Crippen LogP contribution in [0.3, 0.4) is 0 Å². The molecule has 2 rings (SSSR count). The quantitative estimate of drug-likeness (QED) is 0.605. The average Bonchev–Trinajstić information content (AvgIpc) is 2.89. The Kier molecular flexibility index (Phi) is 5.55. The SMILES string of the molecule is Cc1nsc(SCC(C)C(=O)OCc2ccccc2)n1. The second kappa shape index (κ2) is 7.40. The standard InChI is InChI=1S/C14H16N2O2S2/c1-10(9-19-14-15-11(2)16-20-14)13(17)18-8-12-6-4-3-5-7-12/h3-7,10H,8-9H2,1-2H3. The Morgan fingerprint density at radius 1 is 1.40 bits per heavy atom. The van der Waals surface area contributed by atoms with Crippen molar-refractivity contribution < 1.29 is 9.53 Å². The van der Waals surface area contributed by atoms with Crippen molar-refractivity contribution in [3.63, 3.8) is 0 Å². The number of ether oxygens (including phenoxy) is 1. The van der Waals surface area contributed by atoms with Gasteiger partial charge in [-0.05, 0) is 24.0 Å². The summed E-state index contributed by atoms with van der Waals surface area (Å²) in [5.74, 6) is 1.09. The van der Waals surface area contributed by atoms with Crippen molar-refractivity contribution in [2.75, 3.05) is 5.75 Å². The molecule has 0 amide bonds. The molecule has 0 aliphatic heterocycles. The Morgan fingerprint density at radius 3 is 2.80 bits per heavy atom. The monoisotopic (exact) mass is 308 g/mol. The van der Waals surface area contributed by atoms with E-state index in [2.05, 4.69) is 9.36 Å². The van der Waals surface area contributed by atoms with Crippen molar-refractivity contribution in [1.29, 1.82) is 0 Å². The predicted octanol–water partition coefficient (Wildman–Crippen LogP) is 3.32. The van der Waals surface area contributed by atoms with E-state index in [1.165, 1.54) is 11.5 Å². The van der Waals surface area contributed by atoms with Gasteiger partial charge in [-0.25, -0.2) is 4.98 Å². The molecule has 1 aromatic heterocycles. The molecule has 1 heterocycles. The molecular formula is C14H16N2O2S2. The van der Waals surface area contributed by atoms with Gasteiger partial charge in [0.15, 0.2) is 4.34 Å². The topological polar surface area (TPSA) is 52.1 Å². The highest BCUT2D eigenvalue weighted by Crippen LogP contribution is 2.22. The molecule has 1 unspecified atom stereocenters. The summed E-state index contributed by atoms with van der Waals surface area (Å²) in [6, 6.07) is 9.68. The molecule has 1 aromatic carbocycles. The summed E-state index contributed by atoms with van der Waals surface area (Å²) in [4.78, 5) is 16.1. The minimum atomic E-state index is -0.178. The number of aryl methyl sites for hydroxylation is 1. The van der Waals surface area contributed by atoms with Gasteiger partial charge in [-0.15, -0.1) is 0 Å². The van der Waals surface area contributed by atoms with Gasteiger partial charge in [-0.3, -0.25) is 4.79 Å². The Hall–Kier alpha value is -1.40. The van der Waals surface area contributed by atoms with E-state index in [9.17, 15) is 4.79 Å². The first-order valence-corrected chi connectivity index (χ1v) is 8.04. The zero-order valence-corrected chi connectivity index (χ0v) is 13.0. The van der Waals surface area contributed by atoms with Crippen LogP contribution in [0, 0.1) is 12.8 Å². The first kappa shape index (κ1) is 15.0. The molecule has 106 valence electrons. The number of rotatable bonds is 6. The molecule has 0 aliphatic carbocycles. The van der Waals surface area contributed by atoms with E-state index in [4.69, 9.17) is 4.74 Å². The van der Waals surface area contributed by atoms with Gasteiger partial charge in [-0.2, -0.15) is 4.37 Å². The summed E-state index contributed by atoms with van der Waals surface area (Å²) >= 11 is 2.91. The zero-order valence-electron chi connectivity index (χ0n) is 11.4. The fourth-order valence-electron chi connectivity index (χ4n) is 1.47. The summed E-state index contributed by atoms with van der Waals surface area (Å²) in [6.07, 6.45) is 0. The van der Waals surface area contributed by atoms with Crippen molar-refractivity contribution in [2.45, 2.75) is 24.8 Å². The lowest BCUT2D eigenvalue weighted by Crippen LogP contribution is -2.16. The first-order chi connectivity index (χ1) is 9.65. The fourth-order valence-corrected chi connectivity index (χ4v) is 3.15. The molecule has 4 nitrogen and oxygen atoms in total. The molecule has 6 heteroatoms. The molecule has 0 fully saturated rings. The van der Waals surface area contributed by atoms with E-state index in [0.29, 0.717) is 12.4 Å². The van der Waals surface area contributed by atoms with Crippen LogP contribution in [0.2, 0.25) is 0 Å². The van der Waals surface area contributed by atoms with Crippen LogP contribution < -0.4 is 0 Å². The molecule has 0 saturated heterocycles. The number of carbonyl (C=O) groups is 1. The summed E-state index contributed by atoms with van der Waals surface area (Å²) in [5, 5.41) is 0. The van der Waals surface area contributed by atoms with Gasteiger partial charge >= 0.3 is 5.97 Å². The molecule has 0 saturated carbocycles. The zero-order chi connectivity index (χ0) is 14.4. The maximum absolute atomic E-state index is 11.9. The van der Waals surface area contributed by atoms with Gasteiger partial charge in [-0.1, -0.05) is 49.0 Å². The van der Waals surface area contributed by atoms with Gasteiger partial charge in [0, 0.05) is 5.75 Å². The van der Waals surface area contributed by atoms with Crippen LogP contribution in [0.25, 0.3) is 0 Å². The fraction of sp³-hybridized carbons (Fsp3) is 0.357. The molecular weight excluding hydrogens is 292 g/mol. The molecule has 2 aromatic rings. The second-order valence-corrected chi connectivity index (χ2v) is 6.43. The van der Waals surface area contributed by atoms with E-state index >= 15 is 0 Å². The van der Waals surface area contributed by atoms with E-state index in [1.54, 1.807) is 11.8 Å². The molecule has 1 atom stereocenters. The van der Waals surface area contributed by atoms with E-state index in [0.717, 1.165) is 15.7 Å². The van der Waals surface area contributed by atoms with Gasteiger partial charge in [0.05, 0.1) is 5.92 Å². The lowest BCUT2D eigenvalue weighted by Gasteiger charge is -2.10. The molecule has 0 aliphatic rings. The van der Waals surface area contributed by atoms with Crippen LogP contribution >= 0.6 is 23.3 Å². The average molecular weight is 308 g/mol. The highest BCUT2D eigenvalue weighted by atomic mass is 32.2. The number of esters is 1. The number of hydrogen-bond acceptors (Lipinski definition) is 6. The van der Waals surface area contributed by atoms with Crippen molar-refractivity contribution >= 4 is 29.3 Å². The van der Waals surface area contributed by atoms with E-state index in [-0.39, 0.29) is 11.9 Å². The van der Waals surface area contributed by atoms with Crippen LogP contribution in [0.1, 0.15) is 18.3 Å². The maximum atomic E-state index is 11.9. The van der Waals surface area contributed by atoms with Gasteiger partial charge < -0.3 is 4.74 Å². The Morgan fingerprint density at radius 2 is 2.15 bits per heavy atom. The van der Waals surface area contributed by atoms with E-state index < -0.39 is 0 Å². The highest BCUT2D eigenvalue weighted by molar-refractivity contribution is 8.00. The molecule has 0 N–H and O–H groups in total. The third-order valence-electron chi connectivity index (χ3n) is 2.59. The largest absolute Gasteiger partial charge is 0.461 e. The summed E-state index contributed by atoms with van der Waals surface area (Å²) in [5.41, 5.74) is 1.00. The predicted molar refractivity (Wildman–Crippen MR) is 80.8 cm³/mol. The Balaban J connectivity index is 1.74. The van der Waals surface area contributed by atoms with Gasteiger partial charge in [0.2, 0.25) is 0 Å². The van der Waals surface area contributed by atoms with Crippen molar-refractivity contribution in [2.24, 2.45) is 5.92 Å². The lowest BCUT2D eigenvalue weighted by atomic mass is 10.2. The molecule has 0 bridgehead atoms. The number of aromatic nitrogens is 2. The normalized spacial score (nSPS) is 12.1. The Bertz CT molecular complexity index is 557. The van der Waals surface area contributed by atoms with Crippen molar-refractivity contribution in [1.82, 2.24) is 9.36 Å². The number of carbonyl (C=O) groups excluding carboxylic acids is 1. The van der Waals surface area contributed by atoms with Gasteiger partial charge in [0.1, 0.15) is 12.4 Å². The third kappa shape index (κ3) is 4.61. The van der Waals surface area contributed by atoms with Crippen molar-refractivity contribution in [3.05, 3.63) is 41.7 Å². The summed E-state index contributed by atoms with van der Waals surface area (Å²) in [6.45, 7) is 4.05. The van der Waals surface area contributed by atoms with Crippen molar-refractivity contribution in [3.8, 4) is 0 Å². The minimum absolute atomic E-state index is 0.159. The second-order valence-electron chi connectivity index (χ2n) is 4.41. The van der Waals surface area contributed by atoms with Gasteiger partial charge in [0.25, 0.3) is 0 Å². The smallest absolute Gasteiger partial charge is 0.309 e. The van der Waals surface area contributed by atoms with E-state index in [1.807, 2.05) is 44.2 Å². The lowest BCUT2D eigenvalue weighted by molar-refractivity contribution is -0.148. The summed E-state index contributed by atoms with van der Waals surface area (Å²) in [7, 11) is 0. The Labute approximate surface area is 126 Å². The number of thioether (sulfide) groups is 1. The number of benzene rings is 1. The van der Waals surface area contributed by atoms with Crippen LogP contribution in [0.15, 0.2) is 34.7 Å². The maximum Gasteiger partial charge on any atom is 0.309 e. The van der Waals surface area contributed by atoms with Crippen LogP contribution in [-0.2, 0) is 16.1 Å². The van der Waals surface area contributed by atoms with Crippen LogP contribution in [0.4, 0.5) is 0 Å². The highest BCUT2D eigenvalue weighted by Gasteiger charge is 2.16. The summed E-state index contributed by atoms with van der Waals surface area (Å²) < 4.78 is 10.3. The number of nitrogens with zero attached hydrogens (tertiary/aromatic N) is 2. The first-order valence-electron chi connectivity index (χ1n) is 6.29. The minimum Gasteiger partial charge on any atom is -0.461 e. The molecule has 20 heavy (non-hydrogen) atoms.